The van der Waals surface area contributed by atoms with Crippen molar-refractivity contribution in [2.24, 2.45) is 0 Å². The third-order valence-electron chi connectivity index (χ3n) is 4.20. The van der Waals surface area contributed by atoms with Crippen LogP contribution in [-0.4, -0.2) is 36.2 Å². The van der Waals surface area contributed by atoms with E-state index in [1.165, 1.54) is 12.1 Å². The van der Waals surface area contributed by atoms with E-state index in [1.807, 2.05) is 30.3 Å². The molecule has 0 aliphatic carbocycles. The van der Waals surface area contributed by atoms with Crippen molar-refractivity contribution in [2.45, 2.75) is 24.6 Å². The Balaban J connectivity index is 1.41. The van der Waals surface area contributed by atoms with Crippen LogP contribution in [0.15, 0.2) is 54.6 Å². The maximum Gasteiger partial charge on any atom is 0.238 e. The first-order chi connectivity index (χ1) is 12.6. The average Bonchev–Trinajstić information content (AvgIpc) is 3.14. The Hall–Kier alpha value is -2.48. The maximum absolute atomic E-state index is 13.1. The molecule has 3 unspecified atom stereocenters. The van der Waals surface area contributed by atoms with E-state index in [0.29, 0.717) is 18.8 Å². The van der Waals surface area contributed by atoms with Crippen LogP contribution in [0.25, 0.3) is 0 Å². The number of ether oxygens (including phenoxy) is 1. The summed E-state index contributed by atoms with van der Waals surface area (Å²) >= 11 is 0. The SMILES string of the molecule is O=C(NCC(O)c1ccccc1)C1CC(COc2cccc(F)c2)NN1. The van der Waals surface area contributed by atoms with Gasteiger partial charge in [0.15, 0.2) is 0 Å². The van der Waals surface area contributed by atoms with Crippen LogP contribution in [0.4, 0.5) is 4.39 Å². The van der Waals surface area contributed by atoms with E-state index in [4.69, 9.17) is 4.74 Å². The van der Waals surface area contributed by atoms with Gasteiger partial charge in [-0.1, -0.05) is 36.4 Å². The number of hydrogen-bond acceptors (Lipinski definition) is 5. The number of aliphatic hydroxyl groups is 1. The zero-order valence-electron chi connectivity index (χ0n) is 14.2. The molecule has 1 amide bonds. The molecule has 0 aromatic heterocycles. The Morgan fingerprint density at radius 3 is 2.81 bits per heavy atom. The summed E-state index contributed by atoms with van der Waals surface area (Å²) in [5, 5.41) is 12.8. The van der Waals surface area contributed by atoms with Gasteiger partial charge in [0.2, 0.25) is 5.91 Å². The number of benzene rings is 2. The first-order valence-corrected chi connectivity index (χ1v) is 8.52. The number of rotatable bonds is 7. The highest BCUT2D eigenvalue weighted by molar-refractivity contribution is 5.82. The van der Waals surface area contributed by atoms with Crippen molar-refractivity contribution in [1.82, 2.24) is 16.2 Å². The molecule has 6 nitrogen and oxygen atoms in total. The molecule has 1 heterocycles. The van der Waals surface area contributed by atoms with Crippen molar-refractivity contribution in [3.63, 3.8) is 0 Å². The van der Waals surface area contributed by atoms with Crippen LogP contribution in [-0.2, 0) is 4.79 Å². The van der Waals surface area contributed by atoms with Crippen molar-refractivity contribution in [2.75, 3.05) is 13.2 Å². The van der Waals surface area contributed by atoms with Gasteiger partial charge in [0.1, 0.15) is 24.2 Å². The van der Waals surface area contributed by atoms with Gasteiger partial charge in [0.25, 0.3) is 0 Å². The second kappa shape index (κ2) is 8.75. The molecule has 0 bridgehead atoms. The number of carbonyl (C=O) groups is 1. The van der Waals surface area contributed by atoms with Crippen LogP contribution >= 0.6 is 0 Å². The van der Waals surface area contributed by atoms with Gasteiger partial charge in [-0.15, -0.1) is 0 Å². The number of carbonyl (C=O) groups excluding carboxylic acids is 1. The third-order valence-corrected chi connectivity index (χ3v) is 4.20. The minimum absolute atomic E-state index is 0.0759. The highest BCUT2D eigenvalue weighted by Gasteiger charge is 2.29. The third kappa shape index (κ3) is 5.01. The zero-order valence-corrected chi connectivity index (χ0v) is 14.2. The predicted octanol–water partition coefficient (Wildman–Crippen LogP) is 1.29. The van der Waals surface area contributed by atoms with E-state index in [0.717, 1.165) is 5.56 Å². The van der Waals surface area contributed by atoms with E-state index in [9.17, 15) is 14.3 Å². The van der Waals surface area contributed by atoms with Gasteiger partial charge in [0.05, 0.1) is 12.1 Å². The molecule has 1 aliphatic rings. The highest BCUT2D eigenvalue weighted by atomic mass is 19.1. The molecular formula is C19H22FN3O3. The molecule has 3 rings (SSSR count). The van der Waals surface area contributed by atoms with Gasteiger partial charge in [-0.25, -0.2) is 9.82 Å². The van der Waals surface area contributed by atoms with Gasteiger partial charge >= 0.3 is 0 Å². The van der Waals surface area contributed by atoms with E-state index in [2.05, 4.69) is 16.2 Å². The Bertz CT molecular complexity index is 729. The Morgan fingerprint density at radius 2 is 2.04 bits per heavy atom. The standard InChI is InChI=1S/C19H22FN3O3/c20-14-7-4-8-16(9-14)26-12-15-10-17(23-22-15)19(25)21-11-18(24)13-5-2-1-3-6-13/h1-9,15,17-18,22-24H,10-12H2,(H,21,25). The smallest absolute Gasteiger partial charge is 0.238 e. The van der Waals surface area contributed by atoms with Crippen molar-refractivity contribution in [1.29, 1.82) is 0 Å². The van der Waals surface area contributed by atoms with E-state index < -0.39 is 12.1 Å². The minimum Gasteiger partial charge on any atom is -0.492 e. The average molecular weight is 359 g/mol. The van der Waals surface area contributed by atoms with Crippen LogP contribution in [0.5, 0.6) is 5.75 Å². The Kier molecular flexibility index (Phi) is 6.17. The minimum atomic E-state index is -0.749. The van der Waals surface area contributed by atoms with Gasteiger partial charge in [-0.3, -0.25) is 10.2 Å². The predicted molar refractivity (Wildman–Crippen MR) is 94.8 cm³/mol. The van der Waals surface area contributed by atoms with Crippen molar-refractivity contribution in [3.05, 3.63) is 66.0 Å². The second-order valence-corrected chi connectivity index (χ2v) is 6.21. The molecule has 0 radical (unpaired) electrons. The fraction of sp³-hybridized carbons (Fsp3) is 0.316. The van der Waals surface area contributed by atoms with E-state index >= 15 is 0 Å². The monoisotopic (exact) mass is 359 g/mol. The molecule has 1 fully saturated rings. The summed E-state index contributed by atoms with van der Waals surface area (Å²) in [4.78, 5) is 12.2. The van der Waals surface area contributed by atoms with Crippen LogP contribution in [0, 0.1) is 5.82 Å². The van der Waals surface area contributed by atoms with Gasteiger partial charge < -0.3 is 15.2 Å². The number of amides is 1. The topological polar surface area (TPSA) is 82.6 Å². The molecule has 2 aromatic rings. The summed E-state index contributed by atoms with van der Waals surface area (Å²) in [6.07, 6.45) is -0.218. The van der Waals surface area contributed by atoms with Gasteiger partial charge in [-0.05, 0) is 24.1 Å². The molecule has 3 atom stereocenters. The molecule has 1 aliphatic heterocycles. The van der Waals surface area contributed by atoms with Crippen LogP contribution in [0.2, 0.25) is 0 Å². The summed E-state index contributed by atoms with van der Waals surface area (Å²) in [5.41, 5.74) is 6.68. The molecule has 0 spiro atoms. The lowest BCUT2D eigenvalue weighted by Crippen LogP contribution is -2.44. The van der Waals surface area contributed by atoms with E-state index in [-0.39, 0.29) is 24.3 Å². The molecule has 138 valence electrons. The molecule has 4 N–H and O–H groups in total. The fourth-order valence-electron chi connectivity index (χ4n) is 2.77. The number of hydrogen-bond donors (Lipinski definition) is 4. The second-order valence-electron chi connectivity index (χ2n) is 6.21. The number of halogens is 1. The van der Waals surface area contributed by atoms with Crippen LogP contribution in [0.1, 0.15) is 18.1 Å². The molecule has 0 saturated carbocycles. The number of nitrogens with one attached hydrogen (secondary N) is 3. The first kappa shape index (κ1) is 18.3. The van der Waals surface area contributed by atoms with Gasteiger partial charge in [-0.2, -0.15) is 0 Å². The summed E-state index contributed by atoms with van der Waals surface area (Å²) in [5.74, 6) is -0.0966. The largest absolute Gasteiger partial charge is 0.492 e. The lowest BCUT2D eigenvalue weighted by molar-refractivity contribution is -0.123. The lowest BCUT2D eigenvalue weighted by Gasteiger charge is -2.15. The van der Waals surface area contributed by atoms with E-state index in [1.54, 1.807) is 12.1 Å². The lowest BCUT2D eigenvalue weighted by atomic mass is 10.1. The number of aliphatic hydroxyl groups excluding tert-OH is 1. The first-order valence-electron chi connectivity index (χ1n) is 8.52. The Morgan fingerprint density at radius 1 is 1.23 bits per heavy atom. The summed E-state index contributed by atoms with van der Waals surface area (Å²) in [7, 11) is 0. The molecule has 2 aromatic carbocycles. The van der Waals surface area contributed by atoms with Crippen molar-refractivity contribution >= 4 is 5.91 Å². The summed E-state index contributed by atoms with van der Waals surface area (Å²) < 4.78 is 18.7. The highest BCUT2D eigenvalue weighted by Crippen LogP contribution is 2.14. The fourth-order valence-corrected chi connectivity index (χ4v) is 2.77. The zero-order chi connectivity index (χ0) is 18.4. The molecule has 26 heavy (non-hydrogen) atoms. The van der Waals surface area contributed by atoms with Crippen LogP contribution in [0.3, 0.4) is 0 Å². The number of hydrazine groups is 1. The van der Waals surface area contributed by atoms with Crippen LogP contribution < -0.4 is 20.9 Å². The molecule has 7 heteroatoms. The van der Waals surface area contributed by atoms with Crippen molar-refractivity contribution in [3.8, 4) is 5.75 Å². The quantitative estimate of drug-likeness (QED) is 0.599. The molecule has 1 saturated heterocycles. The van der Waals surface area contributed by atoms with Gasteiger partial charge in [0, 0.05) is 12.6 Å². The normalized spacial score (nSPS) is 20.5. The van der Waals surface area contributed by atoms with Crippen molar-refractivity contribution < 1.29 is 19.0 Å². The molecular weight excluding hydrogens is 337 g/mol. The Labute approximate surface area is 151 Å². The summed E-state index contributed by atoms with van der Waals surface area (Å²) in [6.45, 7) is 0.457. The summed E-state index contributed by atoms with van der Waals surface area (Å²) in [6, 6.07) is 14.6. The maximum atomic E-state index is 13.1.